The molecule has 0 radical (unpaired) electrons. The Morgan fingerprint density at radius 1 is 1.02 bits per heavy atom. The molecule has 1 aliphatic carbocycles. The third-order valence-electron chi connectivity index (χ3n) is 8.44. The van der Waals surface area contributed by atoms with Crippen LogP contribution < -0.4 is 10.2 Å². The fraction of sp³-hybridized carbons (Fsp3) is 0.312. The van der Waals surface area contributed by atoms with Crippen molar-refractivity contribution in [1.29, 1.82) is 0 Å². The Hall–Kier alpha value is -4.04. The van der Waals surface area contributed by atoms with Crippen LogP contribution in [0.3, 0.4) is 0 Å². The number of fused-ring (bicyclic) bond motifs is 2. The molecule has 0 spiro atoms. The van der Waals surface area contributed by atoms with Crippen LogP contribution in [0, 0.1) is 11.7 Å². The first-order valence-corrected chi connectivity index (χ1v) is 13.9. The van der Waals surface area contributed by atoms with Gasteiger partial charge in [0.05, 0.1) is 24.1 Å². The van der Waals surface area contributed by atoms with Crippen LogP contribution in [0.2, 0.25) is 0 Å². The molecule has 2 aliphatic heterocycles. The fourth-order valence-electron chi connectivity index (χ4n) is 5.98. The average Bonchev–Trinajstić information content (AvgIpc) is 3.31. The molecule has 0 atom stereocenters. The Bertz CT molecular complexity index is 1580. The summed E-state index contributed by atoms with van der Waals surface area (Å²) in [6.45, 7) is 8.39. The number of alkyl halides is 1. The summed E-state index contributed by atoms with van der Waals surface area (Å²) >= 11 is 0. The summed E-state index contributed by atoms with van der Waals surface area (Å²) in [5.74, 6) is 0.654. The van der Waals surface area contributed by atoms with Gasteiger partial charge >= 0.3 is 0 Å². The number of benzene rings is 1. The number of rotatable bonds is 8. The smallest absolute Gasteiger partial charge is 0.137 e. The van der Waals surface area contributed by atoms with Crippen LogP contribution in [-0.2, 0) is 13.1 Å². The van der Waals surface area contributed by atoms with Crippen molar-refractivity contribution in [3.05, 3.63) is 108 Å². The first-order chi connectivity index (χ1) is 19.5. The number of nitrogens with zero attached hydrogens (tertiary/aromatic N) is 5. The monoisotopic (exact) mass is 538 g/mol. The van der Waals surface area contributed by atoms with E-state index in [9.17, 15) is 8.78 Å². The number of hydrogen-bond acceptors (Lipinski definition) is 5. The van der Waals surface area contributed by atoms with Crippen LogP contribution >= 0.6 is 0 Å². The lowest BCUT2D eigenvalue weighted by molar-refractivity contribution is 0.129. The second-order valence-corrected chi connectivity index (χ2v) is 11.3. The Morgan fingerprint density at radius 2 is 1.85 bits per heavy atom. The van der Waals surface area contributed by atoms with Gasteiger partial charge in [-0.25, -0.2) is 13.8 Å². The molecule has 204 valence electrons. The second-order valence-electron chi connectivity index (χ2n) is 11.3. The normalized spacial score (nSPS) is 20.5. The minimum absolute atomic E-state index is 0.200. The minimum Gasteiger partial charge on any atom is -0.368 e. The number of halogens is 2. The van der Waals surface area contributed by atoms with Gasteiger partial charge in [0.25, 0.3) is 0 Å². The lowest BCUT2D eigenvalue weighted by Crippen LogP contribution is -2.45. The van der Waals surface area contributed by atoms with Crippen molar-refractivity contribution in [2.45, 2.75) is 38.0 Å². The van der Waals surface area contributed by atoms with E-state index in [-0.39, 0.29) is 5.82 Å². The first kappa shape index (κ1) is 25.0. The molecular weight excluding hydrogens is 506 g/mol. The largest absolute Gasteiger partial charge is 0.368 e. The molecule has 1 saturated carbocycles. The van der Waals surface area contributed by atoms with Crippen molar-refractivity contribution in [2.24, 2.45) is 5.92 Å². The van der Waals surface area contributed by atoms with Crippen molar-refractivity contribution in [3.63, 3.8) is 0 Å². The molecule has 1 N–H and O–H groups in total. The lowest BCUT2D eigenvalue weighted by atomic mass is 9.83. The number of imidazole rings is 1. The Labute approximate surface area is 232 Å². The third kappa shape index (κ3) is 4.77. The van der Waals surface area contributed by atoms with Gasteiger partial charge in [-0.05, 0) is 60.7 Å². The SMILES string of the molecule is C=C1c2cncc(N3CC(c4ccc(F)cc4)C3)c2C=CN1Cc1cn2cc(CNCC3CC(F)C3)ccc2n1. The molecular formula is C32H32F2N6. The predicted octanol–water partition coefficient (Wildman–Crippen LogP) is 5.77. The number of hydrogen-bond donors (Lipinski definition) is 1. The molecule has 0 bridgehead atoms. The predicted molar refractivity (Wildman–Crippen MR) is 154 cm³/mol. The van der Waals surface area contributed by atoms with Gasteiger partial charge in [0, 0.05) is 67.2 Å². The molecule has 2 fully saturated rings. The van der Waals surface area contributed by atoms with Gasteiger partial charge in [-0.2, -0.15) is 0 Å². The van der Waals surface area contributed by atoms with Crippen LogP contribution in [-0.4, -0.2) is 45.1 Å². The zero-order valence-corrected chi connectivity index (χ0v) is 22.3. The standard InChI is InChI=1S/C32H32F2N6/c1-21-30-14-36-15-31(39-17-25(18-39)24-3-5-26(33)6-4-24)29(30)8-9-38(21)19-28-20-40-16-22(2-7-32(40)37-28)12-35-13-23-10-27(34)11-23/h2-9,14-16,20,23,25,27,35H,1,10-13,17-19H2. The average molecular weight is 539 g/mol. The molecule has 7 rings (SSSR count). The van der Waals surface area contributed by atoms with E-state index in [4.69, 9.17) is 4.98 Å². The van der Waals surface area contributed by atoms with Gasteiger partial charge in [0.1, 0.15) is 17.6 Å². The van der Waals surface area contributed by atoms with Crippen LogP contribution in [0.15, 0.2) is 74.0 Å². The number of pyridine rings is 2. The summed E-state index contributed by atoms with van der Waals surface area (Å²) in [5, 5.41) is 3.46. The van der Waals surface area contributed by atoms with E-state index < -0.39 is 6.17 Å². The van der Waals surface area contributed by atoms with Crippen LogP contribution in [0.1, 0.15) is 46.7 Å². The molecule has 5 heterocycles. The van der Waals surface area contributed by atoms with E-state index in [0.717, 1.165) is 60.0 Å². The van der Waals surface area contributed by atoms with Crippen molar-refractivity contribution in [3.8, 4) is 0 Å². The maximum absolute atomic E-state index is 13.3. The first-order valence-electron chi connectivity index (χ1n) is 13.9. The Morgan fingerprint density at radius 3 is 2.65 bits per heavy atom. The molecule has 4 aromatic rings. The highest BCUT2D eigenvalue weighted by atomic mass is 19.1. The van der Waals surface area contributed by atoms with E-state index in [0.29, 0.717) is 31.2 Å². The summed E-state index contributed by atoms with van der Waals surface area (Å²) in [4.78, 5) is 13.8. The van der Waals surface area contributed by atoms with Crippen LogP contribution in [0.4, 0.5) is 14.5 Å². The van der Waals surface area contributed by atoms with Crippen molar-refractivity contribution in [1.82, 2.24) is 24.6 Å². The quantitative estimate of drug-likeness (QED) is 0.309. The highest BCUT2D eigenvalue weighted by Gasteiger charge is 2.31. The highest BCUT2D eigenvalue weighted by molar-refractivity contribution is 5.83. The Kier molecular flexibility index (Phi) is 6.35. The van der Waals surface area contributed by atoms with Crippen molar-refractivity contribution >= 4 is 23.1 Å². The lowest BCUT2D eigenvalue weighted by Gasteiger charge is -2.42. The molecule has 8 heteroatoms. The van der Waals surface area contributed by atoms with Gasteiger partial charge in [-0.3, -0.25) is 4.98 Å². The van der Waals surface area contributed by atoms with E-state index >= 15 is 0 Å². The van der Waals surface area contributed by atoms with Gasteiger partial charge in [0.2, 0.25) is 0 Å². The molecule has 1 aromatic carbocycles. The fourth-order valence-corrected chi connectivity index (χ4v) is 5.98. The zero-order valence-electron chi connectivity index (χ0n) is 22.3. The molecule has 0 amide bonds. The molecule has 1 saturated heterocycles. The minimum atomic E-state index is -0.604. The summed E-state index contributed by atoms with van der Waals surface area (Å²) in [6, 6.07) is 11.0. The molecule has 6 nitrogen and oxygen atoms in total. The van der Waals surface area contributed by atoms with E-state index in [1.807, 2.05) is 30.6 Å². The second kappa shape index (κ2) is 10.2. The molecule has 3 aromatic heterocycles. The summed E-state index contributed by atoms with van der Waals surface area (Å²) in [7, 11) is 0. The van der Waals surface area contributed by atoms with Gasteiger partial charge in [-0.15, -0.1) is 0 Å². The summed E-state index contributed by atoms with van der Waals surface area (Å²) in [6.07, 6.45) is 13.0. The summed E-state index contributed by atoms with van der Waals surface area (Å²) in [5.41, 5.74) is 8.36. The maximum Gasteiger partial charge on any atom is 0.137 e. The highest BCUT2D eigenvalue weighted by Crippen LogP contribution is 2.39. The van der Waals surface area contributed by atoms with E-state index in [2.05, 4.69) is 61.8 Å². The third-order valence-corrected chi connectivity index (χ3v) is 8.44. The number of anilines is 1. The van der Waals surface area contributed by atoms with Gasteiger partial charge in [0.15, 0.2) is 0 Å². The summed E-state index contributed by atoms with van der Waals surface area (Å²) < 4.78 is 28.4. The molecule has 0 unspecified atom stereocenters. The van der Waals surface area contributed by atoms with Crippen molar-refractivity contribution in [2.75, 3.05) is 24.5 Å². The van der Waals surface area contributed by atoms with Crippen LogP contribution in [0.5, 0.6) is 0 Å². The maximum atomic E-state index is 13.3. The number of nitrogens with one attached hydrogen (secondary N) is 1. The van der Waals surface area contributed by atoms with Gasteiger partial charge in [-0.1, -0.05) is 24.8 Å². The van der Waals surface area contributed by atoms with Crippen LogP contribution in [0.25, 0.3) is 17.4 Å². The van der Waals surface area contributed by atoms with E-state index in [1.54, 1.807) is 0 Å². The topological polar surface area (TPSA) is 48.7 Å². The zero-order chi connectivity index (χ0) is 27.2. The van der Waals surface area contributed by atoms with Gasteiger partial charge < -0.3 is 19.5 Å². The van der Waals surface area contributed by atoms with Crippen molar-refractivity contribution < 1.29 is 8.78 Å². The molecule has 3 aliphatic rings. The molecule has 40 heavy (non-hydrogen) atoms. The van der Waals surface area contributed by atoms with E-state index in [1.165, 1.54) is 23.3 Å². The Balaban J connectivity index is 1.01. The number of aromatic nitrogens is 3.